The van der Waals surface area contributed by atoms with Crippen molar-refractivity contribution in [3.63, 3.8) is 0 Å². The molecule has 0 heterocycles. The number of primary amides is 1. The van der Waals surface area contributed by atoms with E-state index in [1.165, 1.54) is 38.5 Å². The van der Waals surface area contributed by atoms with E-state index in [0.717, 1.165) is 25.7 Å². The molecular formula is C22H45NO. The van der Waals surface area contributed by atoms with Crippen LogP contribution in [0.15, 0.2) is 0 Å². The third-order valence-electron chi connectivity index (χ3n) is 6.27. The van der Waals surface area contributed by atoms with E-state index in [2.05, 4.69) is 48.5 Å². The normalized spacial score (nSPS) is 17.3. The van der Waals surface area contributed by atoms with Gasteiger partial charge in [0, 0.05) is 0 Å². The van der Waals surface area contributed by atoms with Crippen molar-refractivity contribution in [3.05, 3.63) is 0 Å². The highest BCUT2D eigenvalue weighted by Gasteiger charge is 2.48. The van der Waals surface area contributed by atoms with E-state index in [-0.39, 0.29) is 16.7 Å². The van der Waals surface area contributed by atoms with Crippen LogP contribution in [0.2, 0.25) is 0 Å². The number of amides is 1. The van der Waals surface area contributed by atoms with Crippen LogP contribution in [0.5, 0.6) is 0 Å². The molecule has 0 aromatic rings. The third-order valence-corrected chi connectivity index (χ3v) is 6.27. The first-order valence-electron chi connectivity index (χ1n) is 10.5. The molecule has 24 heavy (non-hydrogen) atoms. The molecule has 144 valence electrons. The van der Waals surface area contributed by atoms with Gasteiger partial charge in [0.05, 0.1) is 5.41 Å². The van der Waals surface area contributed by atoms with Crippen LogP contribution in [-0.4, -0.2) is 5.91 Å². The predicted molar refractivity (Wildman–Crippen MR) is 107 cm³/mol. The van der Waals surface area contributed by atoms with Gasteiger partial charge >= 0.3 is 0 Å². The van der Waals surface area contributed by atoms with Gasteiger partial charge in [0.1, 0.15) is 0 Å². The summed E-state index contributed by atoms with van der Waals surface area (Å²) in [5.74, 6) is 1.15. The van der Waals surface area contributed by atoms with E-state index in [1.54, 1.807) is 0 Å². The Hall–Kier alpha value is -0.530. The lowest BCUT2D eigenvalue weighted by Gasteiger charge is -2.46. The Balaban J connectivity index is 5.51. The fourth-order valence-electron chi connectivity index (χ4n) is 4.14. The molecule has 0 saturated carbocycles. The first kappa shape index (κ1) is 23.5. The summed E-state index contributed by atoms with van der Waals surface area (Å²) in [5.41, 5.74) is 5.62. The maximum absolute atomic E-state index is 12.7. The molecule has 0 saturated heterocycles. The van der Waals surface area contributed by atoms with Gasteiger partial charge < -0.3 is 5.73 Å². The van der Waals surface area contributed by atoms with E-state index in [4.69, 9.17) is 5.73 Å². The molecule has 0 radical (unpaired) electrons. The summed E-state index contributed by atoms with van der Waals surface area (Å²) in [5, 5.41) is 0. The molecule has 2 atom stereocenters. The monoisotopic (exact) mass is 339 g/mol. The van der Waals surface area contributed by atoms with E-state index < -0.39 is 0 Å². The van der Waals surface area contributed by atoms with Gasteiger partial charge in [0.15, 0.2) is 0 Å². The smallest absolute Gasteiger partial charge is 0.224 e. The maximum Gasteiger partial charge on any atom is 0.224 e. The fraction of sp³-hybridized carbons (Fsp3) is 0.955. The van der Waals surface area contributed by atoms with Gasteiger partial charge in [-0.05, 0) is 30.1 Å². The largest absolute Gasteiger partial charge is 0.369 e. The molecule has 0 aliphatic carbocycles. The maximum atomic E-state index is 12.7. The average molecular weight is 340 g/mol. The molecular weight excluding hydrogens is 294 g/mol. The Morgan fingerprint density at radius 1 is 0.833 bits per heavy atom. The fourth-order valence-corrected chi connectivity index (χ4v) is 4.14. The van der Waals surface area contributed by atoms with Gasteiger partial charge in [-0.2, -0.15) is 0 Å². The minimum atomic E-state index is -0.379. The highest BCUT2D eigenvalue weighted by molar-refractivity contribution is 5.81. The molecule has 0 aromatic carbocycles. The van der Waals surface area contributed by atoms with E-state index in [1.807, 2.05) is 0 Å². The van der Waals surface area contributed by atoms with Crippen LogP contribution in [0.4, 0.5) is 0 Å². The van der Waals surface area contributed by atoms with Crippen molar-refractivity contribution >= 4 is 5.91 Å². The number of hydrogen-bond donors (Lipinski definition) is 1. The second kappa shape index (κ2) is 11.2. The van der Waals surface area contributed by atoms with Crippen LogP contribution >= 0.6 is 0 Å². The summed E-state index contributed by atoms with van der Waals surface area (Å²) in [6, 6.07) is 0. The van der Waals surface area contributed by atoms with Gasteiger partial charge in [-0.25, -0.2) is 0 Å². The third kappa shape index (κ3) is 6.76. The Morgan fingerprint density at radius 3 is 1.42 bits per heavy atom. The lowest BCUT2D eigenvalue weighted by Crippen LogP contribution is -2.49. The van der Waals surface area contributed by atoms with E-state index in [0.29, 0.717) is 11.8 Å². The molecule has 1 amide bonds. The van der Waals surface area contributed by atoms with Crippen LogP contribution in [0.1, 0.15) is 113 Å². The number of hydrogen-bond acceptors (Lipinski definition) is 1. The summed E-state index contributed by atoms with van der Waals surface area (Å²) in [7, 11) is 0. The standard InChI is InChI=1S/C22H45NO/c1-8-12-14-18(10-3)16-22(20(23)24,21(5,6)7)17-19(11-4)15-13-9-2/h18-19H,8-17H2,1-7H3,(H2,23,24). The second-order valence-corrected chi connectivity index (χ2v) is 8.94. The Kier molecular flexibility index (Phi) is 10.9. The molecule has 0 bridgehead atoms. The number of rotatable bonds is 13. The average Bonchev–Trinajstić information content (AvgIpc) is 2.52. The summed E-state index contributed by atoms with van der Waals surface area (Å²) in [6.45, 7) is 15.7. The topological polar surface area (TPSA) is 43.1 Å². The Bertz CT molecular complexity index is 324. The summed E-state index contributed by atoms with van der Waals surface area (Å²) in [6.07, 6.45) is 11.6. The van der Waals surface area contributed by atoms with Gasteiger partial charge in [-0.15, -0.1) is 0 Å². The molecule has 2 heteroatoms. The van der Waals surface area contributed by atoms with Gasteiger partial charge in [0.25, 0.3) is 0 Å². The summed E-state index contributed by atoms with van der Waals surface area (Å²) in [4.78, 5) is 12.7. The lowest BCUT2D eigenvalue weighted by atomic mass is 9.57. The van der Waals surface area contributed by atoms with Crippen molar-refractivity contribution in [2.24, 2.45) is 28.4 Å². The zero-order chi connectivity index (χ0) is 18.8. The van der Waals surface area contributed by atoms with Gasteiger partial charge in [-0.3, -0.25) is 4.79 Å². The van der Waals surface area contributed by atoms with Crippen molar-refractivity contribution in [3.8, 4) is 0 Å². The van der Waals surface area contributed by atoms with Crippen molar-refractivity contribution < 1.29 is 4.79 Å². The van der Waals surface area contributed by atoms with Gasteiger partial charge in [0.2, 0.25) is 5.91 Å². The molecule has 0 spiro atoms. The lowest BCUT2D eigenvalue weighted by molar-refractivity contribution is -0.138. The molecule has 0 rings (SSSR count). The number of carbonyl (C=O) groups is 1. The van der Waals surface area contributed by atoms with Crippen molar-refractivity contribution in [2.75, 3.05) is 0 Å². The van der Waals surface area contributed by atoms with Crippen LogP contribution < -0.4 is 5.73 Å². The molecule has 0 fully saturated rings. The number of carbonyl (C=O) groups excluding carboxylic acids is 1. The van der Waals surface area contributed by atoms with E-state index >= 15 is 0 Å². The van der Waals surface area contributed by atoms with Crippen LogP contribution in [0.25, 0.3) is 0 Å². The van der Waals surface area contributed by atoms with Crippen LogP contribution in [0.3, 0.4) is 0 Å². The number of unbranched alkanes of at least 4 members (excludes halogenated alkanes) is 2. The highest BCUT2D eigenvalue weighted by atomic mass is 16.1. The minimum Gasteiger partial charge on any atom is -0.369 e. The minimum absolute atomic E-state index is 0.0695. The van der Waals surface area contributed by atoms with Crippen molar-refractivity contribution in [2.45, 2.75) is 113 Å². The second-order valence-electron chi connectivity index (χ2n) is 8.94. The molecule has 2 nitrogen and oxygen atoms in total. The van der Waals surface area contributed by atoms with Gasteiger partial charge in [-0.1, -0.05) is 99.8 Å². The van der Waals surface area contributed by atoms with Crippen LogP contribution in [0, 0.1) is 22.7 Å². The first-order chi connectivity index (χ1) is 11.2. The van der Waals surface area contributed by atoms with Crippen LogP contribution in [-0.2, 0) is 4.79 Å². The Labute approximate surface area is 152 Å². The molecule has 2 unspecified atom stereocenters. The SMILES string of the molecule is CCCCC(CC)CC(CC(CC)CCCC)(C(N)=O)C(C)(C)C. The summed E-state index contributed by atoms with van der Waals surface area (Å²) < 4.78 is 0. The zero-order valence-electron chi connectivity index (χ0n) is 17.7. The molecule has 2 N–H and O–H groups in total. The first-order valence-corrected chi connectivity index (χ1v) is 10.5. The zero-order valence-corrected chi connectivity index (χ0v) is 17.7. The highest BCUT2D eigenvalue weighted by Crippen LogP contribution is 2.50. The van der Waals surface area contributed by atoms with Crippen molar-refractivity contribution in [1.29, 1.82) is 0 Å². The van der Waals surface area contributed by atoms with E-state index in [9.17, 15) is 4.79 Å². The quantitative estimate of drug-likeness (QED) is 0.398. The molecule has 0 aliphatic heterocycles. The molecule has 0 aliphatic rings. The van der Waals surface area contributed by atoms with Crippen molar-refractivity contribution in [1.82, 2.24) is 0 Å². The Morgan fingerprint density at radius 2 is 1.21 bits per heavy atom. The summed E-state index contributed by atoms with van der Waals surface area (Å²) >= 11 is 0. The molecule has 0 aromatic heterocycles. The number of nitrogens with two attached hydrogens (primary N) is 1. The predicted octanol–water partition coefficient (Wildman–Crippen LogP) is 6.72.